The normalized spacial score (nSPS) is 11.3. The molecule has 5 heteroatoms. The zero-order valence-corrected chi connectivity index (χ0v) is 13.0. The van der Waals surface area contributed by atoms with Gasteiger partial charge in [0.05, 0.1) is 5.52 Å². The topological polar surface area (TPSA) is 61.2 Å². The molecule has 0 aliphatic heterocycles. The van der Waals surface area contributed by atoms with E-state index in [4.69, 9.17) is 10.2 Å². The Morgan fingerprint density at radius 1 is 1.14 bits per heavy atom. The molecule has 22 heavy (non-hydrogen) atoms. The van der Waals surface area contributed by atoms with Gasteiger partial charge in [-0.15, -0.1) is 0 Å². The first-order chi connectivity index (χ1) is 10.6. The molecule has 0 radical (unpaired) electrons. The Morgan fingerprint density at radius 3 is 2.82 bits per heavy atom. The molecule has 4 rings (SSSR count). The first kappa shape index (κ1) is 13.2. The maximum absolute atomic E-state index is 12.7. The highest BCUT2D eigenvalue weighted by molar-refractivity contribution is 9.10. The van der Waals surface area contributed by atoms with E-state index in [1.54, 1.807) is 22.9 Å². The van der Waals surface area contributed by atoms with E-state index in [2.05, 4.69) is 15.9 Å². The molecule has 0 atom stereocenters. The summed E-state index contributed by atoms with van der Waals surface area (Å²) in [7, 11) is 0. The number of anilines is 1. The van der Waals surface area contributed by atoms with Crippen LogP contribution in [0.2, 0.25) is 0 Å². The van der Waals surface area contributed by atoms with Crippen molar-refractivity contribution in [3.8, 4) is 0 Å². The van der Waals surface area contributed by atoms with Gasteiger partial charge >= 0.3 is 0 Å². The average molecular weight is 355 g/mol. The zero-order chi connectivity index (χ0) is 15.3. The van der Waals surface area contributed by atoms with Crippen molar-refractivity contribution >= 4 is 49.4 Å². The number of nitrogens with zero attached hydrogens (tertiary/aromatic N) is 1. The Labute approximate surface area is 134 Å². The monoisotopic (exact) mass is 354 g/mol. The van der Waals surface area contributed by atoms with Gasteiger partial charge in [-0.3, -0.25) is 9.36 Å². The Balaban J connectivity index is 1.86. The molecule has 2 heterocycles. The van der Waals surface area contributed by atoms with Crippen LogP contribution in [-0.2, 0) is 0 Å². The molecule has 2 aromatic heterocycles. The Hall–Kier alpha value is -2.53. The summed E-state index contributed by atoms with van der Waals surface area (Å²) < 4.78 is 8.15. The summed E-state index contributed by atoms with van der Waals surface area (Å²) in [5.74, 6) is 0.0964. The molecule has 0 unspecified atom stereocenters. The fraction of sp³-hybridized carbons (Fsp3) is 0. The van der Waals surface area contributed by atoms with Gasteiger partial charge in [0.15, 0.2) is 5.76 Å². The Kier molecular flexibility index (Phi) is 2.84. The highest BCUT2D eigenvalue weighted by Crippen LogP contribution is 2.28. The van der Waals surface area contributed by atoms with Crippen LogP contribution in [0.1, 0.15) is 10.6 Å². The third kappa shape index (κ3) is 1.94. The van der Waals surface area contributed by atoms with Crippen LogP contribution in [0.25, 0.3) is 21.9 Å². The number of fused-ring (bicyclic) bond motifs is 2. The number of furan rings is 1. The lowest BCUT2D eigenvalue weighted by Gasteiger charge is -2.01. The van der Waals surface area contributed by atoms with Crippen LogP contribution >= 0.6 is 15.9 Å². The fourth-order valence-corrected chi connectivity index (χ4v) is 3.05. The van der Waals surface area contributed by atoms with Gasteiger partial charge < -0.3 is 10.2 Å². The van der Waals surface area contributed by atoms with E-state index in [0.29, 0.717) is 17.0 Å². The molecule has 108 valence electrons. The number of hydrogen-bond acceptors (Lipinski definition) is 3. The van der Waals surface area contributed by atoms with Crippen molar-refractivity contribution in [2.75, 3.05) is 5.73 Å². The van der Waals surface area contributed by atoms with Crippen molar-refractivity contribution in [1.29, 1.82) is 0 Å². The van der Waals surface area contributed by atoms with E-state index < -0.39 is 0 Å². The molecule has 0 aliphatic carbocycles. The summed E-state index contributed by atoms with van der Waals surface area (Å²) in [6.07, 6.45) is 1.73. The van der Waals surface area contributed by atoms with Gasteiger partial charge in [-0.1, -0.05) is 22.0 Å². The zero-order valence-electron chi connectivity index (χ0n) is 11.4. The molecule has 0 spiro atoms. The number of carbonyl (C=O) groups is 1. The summed E-state index contributed by atoms with van der Waals surface area (Å²) in [6, 6.07) is 14.7. The summed E-state index contributed by atoms with van der Waals surface area (Å²) in [6.45, 7) is 0. The third-order valence-corrected chi connectivity index (χ3v) is 4.34. The number of nitrogen functional groups attached to an aromatic ring is 1. The SMILES string of the molecule is Nc1ccc2c(ccn2C(=O)c2cc3c(Br)cccc3o2)c1. The lowest BCUT2D eigenvalue weighted by atomic mass is 10.2. The van der Waals surface area contributed by atoms with Crippen molar-refractivity contribution in [2.24, 2.45) is 0 Å². The molecule has 2 N–H and O–H groups in total. The molecule has 4 nitrogen and oxygen atoms in total. The minimum atomic E-state index is -0.206. The van der Waals surface area contributed by atoms with Gasteiger partial charge in [0.1, 0.15) is 5.58 Å². The van der Waals surface area contributed by atoms with E-state index in [1.165, 1.54) is 0 Å². The van der Waals surface area contributed by atoms with Crippen molar-refractivity contribution < 1.29 is 9.21 Å². The molecule has 0 bridgehead atoms. The second-order valence-electron chi connectivity index (χ2n) is 5.07. The van der Waals surface area contributed by atoms with E-state index in [0.717, 1.165) is 20.8 Å². The average Bonchev–Trinajstić information content (AvgIpc) is 3.10. The number of rotatable bonds is 1. The molecule has 2 aromatic carbocycles. The maximum atomic E-state index is 12.7. The van der Waals surface area contributed by atoms with E-state index in [9.17, 15) is 4.79 Å². The van der Waals surface area contributed by atoms with Gasteiger partial charge in [0.2, 0.25) is 0 Å². The van der Waals surface area contributed by atoms with Crippen molar-refractivity contribution in [1.82, 2.24) is 4.57 Å². The number of hydrogen-bond donors (Lipinski definition) is 1. The van der Waals surface area contributed by atoms with Crippen LogP contribution in [0, 0.1) is 0 Å². The number of benzene rings is 2. The molecular weight excluding hydrogens is 344 g/mol. The second kappa shape index (κ2) is 4.74. The predicted molar refractivity (Wildman–Crippen MR) is 90.0 cm³/mol. The lowest BCUT2D eigenvalue weighted by Crippen LogP contribution is -2.09. The standard InChI is InChI=1S/C17H11BrN2O2/c18-13-2-1-3-15-12(13)9-16(22-15)17(21)20-7-6-10-8-11(19)4-5-14(10)20/h1-9H,19H2. The summed E-state index contributed by atoms with van der Waals surface area (Å²) in [4.78, 5) is 12.7. The van der Waals surface area contributed by atoms with Crippen LogP contribution < -0.4 is 5.73 Å². The van der Waals surface area contributed by atoms with Crippen molar-refractivity contribution in [3.63, 3.8) is 0 Å². The third-order valence-electron chi connectivity index (χ3n) is 3.65. The summed E-state index contributed by atoms with van der Waals surface area (Å²) in [5.41, 5.74) is 7.93. The highest BCUT2D eigenvalue weighted by Gasteiger charge is 2.17. The number of nitrogens with two attached hydrogens (primary N) is 1. The van der Waals surface area contributed by atoms with Crippen LogP contribution in [-0.4, -0.2) is 10.5 Å². The van der Waals surface area contributed by atoms with Gasteiger partial charge in [-0.05, 0) is 42.5 Å². The predicted octanol–water partition coefficient (Wildman–Crippen LogP) is 4.42. The number of halogens is 1. The summed E-state index contributed by atoms with van der Waals surface area (Å²) >= 11 is 3.46. The van der Waals surface area contributed by atoms with Crippen LogP contribution in [0.5, 0.6) is 0 Å². The number of carbonyl (C=O) groups excluding carboxylic acids is 1. The second-order valence-corrected chi connectivity index (χ2v) is 5.93. The number of aromatic nitrogens is 1. The fourth-order valence-electron chi connectivity index (χ4n) is 2.59. The minimum absolute atomic E-state index is 0.206. The first-order valence-corrected chi connectivity index (χ1v) is 7.52. The molecule has 0 fully saturated rings. The molecule has 0 aliphatic rings. The molecule has 0 amide bonds. The van der Waals surface area contributed by atoms with E-state index in [-0.39, 0.29) is 5.91 Å². The van der Waals surface area contributed by atoms with E-state index in [1.807, 2.05) is 36.4 Å². The van der Waals surface area contributed by atoms with Gasteiger partial charge in [0.25, 0.3) is 5.91 Å². The molecule has 4 aromatic rings. The van der Waals surface area contributed by atoms with Gasteiger partial charge in [-0.25, -0.2) is 0 Å². The quantitative estimate of drug-likeness (QED) is 0.514. The van der Waals surface area contributed by atoms with Crippen LogP contribution in [0.4, 0.5) is 5.69 Å². The summed E-state index contributed by atoms with van der Waals surface area (Å²) in [5, 5.41) is 1.80. The van der Waals surface area contributed by atoms with Crippen LogP contribution in [0.15, 0.2) is 63.6 Å². The highest BCUT2D eigenvalue weighted by atomic mass is 79.9. The molecule has 0 saturated carbocycles. The lowest BCUT2D eigenvalue weighted by molar-refractivity contribution is 0.0940. The van der Waals surface area contributed by atoms with Crippen molar-refractivity contribution in [2.45, 2.75) is 0 Å². The minimum Gasteiger partial charge on any atom is -0.451 e. The maximum Gasteiger partial charge on any atom is 0.298 e. The smallest absolute Gasteiger partial charge is 0.298 e. The van der Waals surface area contributed by atoms with E-state index >= 15 is 0 Å². The van der Waals surface area contributed by atoms with Crippen LogP contribution in [0.3, 0.4) is 0 Å². The Bertz CT molecular complexity index is 1030. The van der Waals surface area contributed by atoms with Gasteiger partial charge in [-0.2, -0.15) is 0 Å². The molecular formula is C17H11BrN2O2. The van der Waals surface area contributed by atoms with Gasteiger partial charge in [0, 0.05) is 27.1 Å². The largest absolute Gasteiger partial charge is 0.451 e. The van der Waals surface area contributed by atoms with Crippen molar-refractivity contribution in [3.05, 3.63) is 65.0 Å². The molecule has 0 saturated heterocycles. The Morgan fingerprint density at radius 2 is 2.00 bits per heavy atom. The first-order valence-electron chi connectivity index (χ1n) is 6.73.